The van der Waals surface area contributed by atoms with Crippen molar-refractivity contribution >= 4 is 23.3 Å². The number of carbonyl (C=O) groups excluding carboxylic acids is 2. The van der Waals surface area contributed by atoms with Crippen LogP contribution in [-0.2, 0) is 4.74 Å². The van der Waals surface area contributed by atoms with Crippen LogP contribution >= 0.6 is 11.3 Å². The molecule has 132 valence electrons. The molecule has 2 amide bonds. The van der Waals surface area contributed by atoms with E-state index in [1.807, 2.05) is 21.7 Å². The van der Waals surface area contributed by atoms with Gasteiger partial charge in [-0.2, -0.15) is 16.4 Å². The van der Waals surface area contributed by atoms with Gasteiger partial charge in [-0.15, -0.1) is 0 Å². The lowest BCUT2D eigenvalue weighted by Gasteiger charge is -2.25. The summed E-state index contributed by atoms with van der Waals surface area (Å²) in [4.78, 5) is 28.0. The van der Waals surface area contributed by atoms with Crippen molar-refractivity contribution in [3.8, 4) is 11.3 Å². The second kappa shape index (κ2) is 6.18. The summed E-state index contributed by atoms with van der Waals surface area (Å²) in [6.07, 6.45) is 2.00. The lowest BCUT2D eigenvalue weighted by molar-refractivity contribution is 0.0438. The number of hydrogen-bond acceptors (Lipinski definition) is 5. The number of likely N-dealkylation sites (N-methyl/N-ethyl adjacent to an activating group) is 1. The third-order valence-electron chi connectivity index (χ3n) is 4.95. The Kier molecular flexibility index (Phi) is 3.99. The minimum Gasteiger partial charge on any atom is -0.441 e. The number of carbonyl (C=O) groups is 2. The topological polar surface area (TPSA) is 78.5 Å². The van der Waals surface area contributed by atoms with Crippen LogP contribution in [0.25, 0.3) is 11.3 Å². The molecule has 1 atom stereocenters. The van der Waals surface area contributed by atoms with Crippen molar-refractivity contribution in [1.29, 1.82) is 0 Å². The number of ether oxygens (including phenoxy) is 1. The summed E-state index contributed by atoms with van der Waals surface area (Å²) in [5.74, 6) is -0.0521. The quantitative estimate of drug-likeness (QED) is 0.893. The predicted molar refractivity (Wildman–Crippen MR) is 93.5 cm³/mol. The molecule has 0 saturated carbocycles. The summed E-state index contributed by atoms with van der Waals surface area (Å²) in [6.45, 7) is 1.83. The Morgan fingerprint density at radius 2 is 2.28 bits per heavy atom. The molecule has 2 aliphatic heterocycles. The van der Waals surface area contributed by atoms with Crippen molar-refractivity contribution in [3.63, 3.8) is 0 Å². The zero-order valence-corrected chi connectivity index (χ0v) is 14.8. The van der Waals surface area contributed by atoms with Crippen LogP contribution in [0.15, 0.2) is 22.9 Å². The number of H-pyrrole nitrogens is 1. The molecular formula is C17H20N4O3S. The molecule has 2 saturated heterocycles. The van der Waals surface area contributed by atoms with Crippen molar-refractivity contribution in [1.82, 2.24) is 20.0 Å². The molecular weight excluding hydrogens is 340 g/mol. The molecule has 4 rings (SSSR count). The molecule has 7 nitrogen and oxygen atoms in total. The summed E-state index contributed by atoms with van der Waals surface area (Å²) in [5.41, 5.74) is 1.84. The number of aromatic amines is 1. The first-order valence-corrected chi connectivity index (χ1v) is 9.32. The van der Waals surface area contributed by atoms with Gasteiger partial charge in [0.15, 0.2) is 0 Å². The van der Waals surface area contributed by atoms with Crippen LogP contribution in [0.1, 0.15) is 29.8 Å². The summed E-state index contributed by atoms with van der Waals surface area (Å²) >= 11 is 1.60. The number of nitrogens with one attached hydrogen (secondary N) is 1. The molecule has 1 unspecified atom stereocenters. The molecule has 2 aliphatic rings. The fourth-order valence-corrected chi connectivity index (χ4v) is 4.23. The average molecular weight is 360 g/mol. The first kappa shape index (κ1) is 16.1. The van der Waals surface area contributed by atoms with Gasteiger partial charge in [0.25, 0.3) is 5.91 Å². The molecule has 2 fully saturated rings. The number of thiophene rings is 1. The van der Waals surface area contributed by atoms with E-state index in [-0.39, 0.29) is 12.0 Å². The van der Waals surface area contributed by atoms with Gasteiger partial charge in [0, 0.05) is 37.5 Å². The minimum atomic E-state index is -0.448. The average Bonchev–Trinajstić information content (AvgIpc) is 3.29. The summed E-state index contributed by atoms with van der Waals surface area (Å²) < 4.78 is 5.60. The first-order valence-electron chi connectivity index (χ1n) is 8.38. The molecule has 2 aromatic heterocycles. The lowest BCUT2D eigenvalue weighted by atomic mass is 9.95. The van der Waals surface area contributed by atoms with Gasteiger partial charge in [0.05, 0.1) is 12.2 Å². The van der Waals surface area contributed by atoms with E-state index in [2.05, 4.69) is 10.2 Å². The molecule has 8 heteroatoms. The van der Waals surface area contributed by atoms with Crippen molar-refractivity contribution in [2.24, 2.45) is 0 Å². The third kappa shape index (κ3) is 3.02. The van der Waals surface area contributed by atoms with E-state index in [0.717, 1.165) is 24.1 Å². The third-order valence-corrected chi connectivity index (χ3v) is 5.63. The lowest BCUT2D eigenvalue weighted by Crippen LogP contribution is -2.37. The Hall–Kier alpha value is -2.35. The van der Waals surface area contributed by atoms with Gasteiger partial charge in [0.2, 0.25) is 0 Å². The number of amides is 2. The molecule has 1 N–H and O–H groups in total. The Labute approximate surface area is 149 Å². The number of hydrogen-bond donors (Lipinski definition) is 1. The number of likely N-dealkylation sites (tertiary alicyclic amines) is 1. The Bertz CT molecular complexity index is 788. The second-order valence-corrected chi connectivity index (χ2v) is 7.51. The molecule has 25 heavy (non-hydrogen) atoms. The van der Waals surface area contributed by atoms with Gasteiger partial charge in [-0.05, 0) is 30.4 Å². The summed E-state index contributed by atoms with van der Waals surface area (Å²) in [5, 5.41) is 11.1. The maximum absolute atomic E-state index is 12.8. The van der Waals surface area contributed by atoms with Gasteiger partial charge in [-0.3, -0.25) is 9.89 Å². The van der Waals surface area contributed by atoms with Crippen molar-refractivity contribution in [2.45, 2.75) is 24.9 Å². The van der Waals surface area contributed by atoms with Gasteiger partial charge in [-0.25, -0.2) is 4.79 Å². The fraction of sp³-hybridized carbons (Fsp3) is 0.471. The smallest absolute Gasteiger partial charge is 0.410 e. The predicted octanol–water partition coefficient (Wildman–Crippen LogP) is 2.59. The number of aromatic nitrogens is 2. The van der Waals surface area contributed by atoms with Gasteiger partial charge < -0.3 is 14.5 Å². The van der Waals surface area contributed by atoms with E-state index in [1.165, 1.54) is 0 Å². The zero-order valence-electron chi connectivity index (χ0n) is 14.0. The van der Waals surface area contributed by atoms with Crippen LogP contribution in [0.3, 0.4) is 0 Å². The number of rotatable bonds is 2. The molecule has 1 spiro atoms. The Balaban J connectivity index is 1.46. The van der Waals surface area contributed by atoms with E-state index >= 15 is 0 Å². The molecule has 0 aromatic carbocycles. The Morgan fingerprint density at radius 3 is 3.00 bits per heavy atom. The molecule has 2 aromatic rings. The Morgan fingerprint density at radius 1 is 1.40 bits per heavy atom. The van der Waals surface area contributed by atoms with Gasteiger partial charge in [0.1, 0.15) is 11.3 Å². The molecule has 0 aliphatic carbocycles. The molecule has 0 radical (unpaired) electrons. The van der Waals surface area contributed by atoms with Crippen LogP contribution in [0.5, 0.6) is 0 Å². The number of nitrogens with zero attached hydrogens (tertiary/aromatic N) is 3. The van der Waals surface area contributed by atoms with Crippen molar-refractivity contribution in [2.75, 3.05) is 26.7 Å². The zero-order chi connectivity index (χ0) is 17.4. The van der Waals surface area contributed by atoms with E-state index < -0.39 is 5.60 Å². The highest BCUT2D eigenvalue weighted by molar-refractivity contribution is 7.08. The maximum Gasteiger partial charge on any atom is 0.410 e. The summed E-state index contributed by atoms with van der Waals surface area (Å²) in [6, 6.07) is 3.78. The van der Waals surface area contributed by atoms with E-state index in [4.69, 9.17) is 4.74 Å². The van der Waals surface area contributed by atoms with Crippen LogP contribution in [-0.4, -0.2) is 64.3 Å². The van der Waals surface area contributed by atoms with E-state index in [9.17, 15) is 9.59 Å². The van der Waals surface area contributed by atoms with Crippen LogP contribution < -0.4 is 0 Å². The maximum atomic E-state index is 12.8. The minimum absolute atomic E-state index is 0.0521. The van der Waals surface area contributed by atoms with Gasteiger partial charge in [-0.1, -0.05) is 0 Å². The summed E-state index contributed by atoms with van der Waals surface area (Å²) in [7, 11) is 1.75. The van der Waals surface area contributed by atoms with E-state index in [0.29, 0.717) is 31.7 Å². The standard InChI is InChI=1S/C17H20N4O3S/c1-20-11-17(24-16(20)23)4-2-6-21(7-5-17)15(22)14-9-13(18-19-14)12-3-8-25-10-12/h3,8-10H,2,4-7,11H2,1H3,(H,18,19). The highest BCUT2D eigenvalue weighted by Gasteiger charge is 2.44. The largest absolute Gasteiger partial charge is 0.441 e. The van der Waals surface area contributed by atoms with Crippen LogP contribution in [0.2, 0.25) is 0 Å². The van der Waals surface area contributed by atoms with Crippen molar-refractivity contribution < 1.29 is 14.3 Å². The normalized spacial score (nSPS) is 23.8. The second-order valence-electron chi connectivity index (χ2n) is 6.73. The van der Waals surface area contributed by atoms with Crippen LogP contribution in [0, 0.1) is 0 Å². The fourth-order valence-electron chi connectivity index (χ4n) is 3.58. The molecule has 4 heterocycles. The first-order chi connectivity index (χ1) is 12.1. The van der Waals surface area contributed by atoms with Gasteiger partial charge >= 0.3 is 6.09 Å². The van der Waals surface area contributed by atoms with Crippen LogP contribution in [0.4, 0.5) is 4.79 Å². The highest BCUT2D eigenvalue weighted by atomic mass is 32.1. The van der Waals surface area contributed by atoms with E-state index in [1.54, 1.807) is 29.4 Å². The molecule has 0 bridgehead atoms. The highest BCUT2D eigenvalue weighted by Crippen LogP contribution is 2.33. The monoisotopic (exact) mass is 360 g/mol. The SMILES string of the molecule is CN1CC2(CCCN(C(=O)c3cc(-c4ccsc4)n[nH]3)CC2)OC1=O. The van der Waals surface area contributed by atoms with Crippen molar-refractivity contribution in [3.05, 3.63) is 28.6 Å².